The van der Waals surface area contributed by atoms with Crippen LogP contribution in [-0.2, 0) is 11.2 Å². The van der Waals surface area contributed by atoms with Crippen LogP contribution in [0.1, 0.15) is 12.3 Å². The first-order chi connectivity index (χ1) is 14.0. The molecular weight excluding hydrogens is 372 g/mol. The number of carbonyl (C=O) groups excluding carboxylic acids is 1. The molecule has 1 amide bonds. The van der Waals surface area contributed by atoms with Gasteiger partial charge in [0.25, 0.3) is 0 Å². The van der Waals surface area contributed by atoms with E-state index in [9.17, 15) is 4.79 Å². The Balaban J connectivity index is 1.59. The smallest absolute Gasteiger partial charge is 0.227 e. The second-order valence-corrected chi connectivity index (χ2v) is 6.57. The summed E-state index contributed by atoms with van der Waals surface area (Å²) in [5, 5.41) is 6.83. The molecule has 8 nitrogen and oxygen atoms in total. The number of nitrogens with zero attached hydrogens (tertiary/aromatic N) is 3. The topological polar surface area (TPSA) is 89.7 Å². The Labute approximate surface area is 169 Å². The molecule has 0 radical (unpaired) electrons. The van der Waals surface area contributed by atoms with Gasteiger partial charge < -0.3 is 24.2 Å². The lowest BCUT2D eigenvalue weighted by Crippen LogP contribution is -2.13. The summed E-state index contributed by atoms with van der Waals surface area (Å²) < 4.78 is 15.7. The van der Waals surface area contributed by atoms with Gasteiger partial charge in [-0.1, -0.05) is 5.16 Å². The molecule has 0 saturated carbocycles. The fraction of sp³-hybridized carbons (Fsp3) is 0.286. The van der Waals surface area contributed by atoms with E-state index in [0.29, 0.717) is 35.3 Å². The molecule has 0 aliphatic carbocycles. The van der Waals surface area contributed by atoms with Crippen molar-refractivity contribution >= 4 is 17.3 Å². The van der Waals surface area contributed by atoms with Gasteiger partial charge in [0, 0.05) is 44.3 Å². The molecule has 0 unspecified atom stereocenters. The molecule has 3 rings (SSSR count). The van der Waals surface area contributed by atoms with Crippen LogP contribution in [-0.4, -0.2) is 44.4 Å². The number of aryl methyl sites for hydroxylation is 1. The highest BCUT2D eigenvalue weighted by molar-refractivity contribution is 5.92. The Kier molecular flexibility index (Phi) is 6.33. The SMILES string of the molecule is COc1ccc(NC(=O)CCc2nc(-c3ccc(N(C)C)cc3)no2)c(OC)c1. The largest absolute Gasteiger partial charge is 0.497 e. The standard InChI is InChI=1S/C21H24N4O4/c1-25(2)15-7-5-14(6-8-15)21-23-20(29-24-21)12-11-19(26)22-17-10-9-16(27-3)13-18(17)28-4/h5-10,13H,11-12H2,1-4H3,(H,22,26). The zero-order chi connectivity index (χ0) is 20.8. The van der Waals surface area contributed by atoms with Gasteiger partial charge in [-0.25, -0.2) is 0 Å². The van der Waals surface area contributed by atoms with Crippen LogP contribution in [0.2, 0.25) is 0 Å². The van der Waals surface area contributed by atoms with E-state index in [4.69, 9.17) is 14.0 Å². The number of amides is 1. The molecule has 3 aromatic rings. The highest BCUT2D eigenvalue weighted by Gasteiger charge is 2.13. The van der Waals surface area contributed by atoms with Crippen molar-refractivity contribution in [2.75, 3.05) is 38.5 Å². The van der Waals surface area contributed by atoms with Crippen LogP contribution in [0, 0.1) is 0 Å². The molecule has 152 valence electrons. The van der Waals surface area contributed by atoms with Gasteiger partial charge in [0.1, 0.15) is 11.5 Å². The molecule has 0 atom stereocenters. The first-order valence-corrected chi connectivity index (χ1v) is 9.12. The maximum Gasteiger partial charge on any atom is 0.227 e. The van der Waals surface area contributed by atoms with E-state index in [1.165, 1.54) is 7.11 Å². The van der Waals surface area contributed by atoms with Crippen molar-refractivity contribution < 1.29 is 18.8 Å². The molecule has 1 N–H and O–H groups in total. The number of methoxy groups -OCH3 is 2. The lowest BCUT2D eigenvalue weighted by atomic mass is 10.2. The Morgan fingerprint density at radius 1 is 1.10 bits per heavy atom. The van der Waals surface area contributed by atoms with E-state index in [0.717, 1.165) is 11.3 Å². The number of ether oxygens (including phenoxy) is 2. The molecule has 0 saturated heterocycles. The fourth-order valence-corrected chi connectivity index (χ4v) is 2.72. The lowest BCUT2D eigenvalue weighted by molar-refractivity contribution is -0.116. The van der Waals surface area contributed by atoms with E-state index in [2.05, 4.69) is 15.5 Å². The summed E-state index contributed by atoms with van der Waals surface area (Å²) in [5.74, 6) is 1.91. The highest BCUT2D eigenvalue weighted by Crippen LogP contribution is 2.29. The Morgan fingerprint density at radius 3 is 2.52 bits per heavy atom. The molecule has 1 aromatic heterocycles. The third kappa shape index (κ3) is 5.04. The quantitative estimate of drug-likeness (QED) is 0.624. The van der Waals surface area contributed by atoms with E-state index in [-0.39, 0.29) is 12.3 Å². The molecule has 0 fully saturated rings. The second kappa shape index (κ2) is 9.09. The minimum atomic E-state index is -0.177. The third-order valence-corrected chi connectivity index (χ3v) is 4.36. The summed E-state index contributed by atoms with van der Waals surface area (Å²) in [4.78, 5) is 18.7. The van der Waals surface area contributed by atoms with Crippen LogP contribution in [0.5, 0.6) is 11.5 Å². The van der Waals surface area contributed by atoms with Gasteiger partial charge in [-0.3, -0.25) is 4.79 Å². The first-order valence-electron chi connectivity index (χ1n) is 9.12. The third-order valence-electron chi connectivity index (χ3n) is 4.36. The van der Waals surface area contributed by atoms with Crippen molar-refractivity contribution in [3.63, 3.8) is 0 Å². The summed E-state index contributed by atoms with van der Waals surface area (Å²) in [6.45, 7) is 0. The normalized spacial score (nSPS) is 10.5. The lowest BCUT2D eigenvalue weighted by Gasteiger charge is -2.11. The number of rotatable bonds is 8. The van der Waals surface area contributed by atoms with E-state index >= 15 is 0 Å². The Bertz CT molecular complexity index is 967. The highest BCUT2D eigenvalue weighted by atomic mass is 16.5. The summed E-state index contributed by atoms with van der Waals surface area (Å²) in [6.07, 6.45) is 0.545. The number of hydrogen-bond acceptors (Lipinski definition) is 7. The maximum absolute atomic E-state index is 12.3. The zero-order valence-corrected chi connectivity index (χ0v) is 16.9. The Morgan fingerprint density at radius 2 is 1.86 bits per heavy atom. The average molecular weight is 396 g/mol. The number of carbonyl (C=O) groups is 1. The van der Waals surface area contributed by atoms with Crippen LogP contribution in [0.25, 0.3) is 11.4 Å². The van der Waals surface area contributed by atoms with Gasteiger partial charge in [0.15, 0.2) is 0 Å². The summed E-state index contributed by atoms with van der Waals surface area (Å²) in [5.41, 5.74) is 2.52. The number of nitrogens with one attached hydrogen (secondary N) is 1. The fourth-order valence-electron chi connectivity index (χ4n) is 2.72. The van der Waals surface area contributed by atoms with Crippen molar-refractivity contribution in [1.82, 2.24) is 10.1 Å². The predicted molar refractivity (Wildman–Crippen MR) is 111 cm³/mol. The summed E-state index contributed by atoms with van der Waals surface area (Å²) >= 11 is 0. The molecule has 0 bridgehead atoms. The number of benzene rings is 2. The molecular formula is C21H24N4O4. The predicted octanol–water partition coefficient (Wildman–Crippen LogP) is 3.39. The molecule has 2 aromatic carbocycles. The van der Waals surface area contributed by atoms with E-state index in [1.54, 1.807) is 25.3 Å². The monoisotopic (exact) mass is 396 g/mol. The Hall–Kier alpha value is -3.55. The van der Waals surface area contributed by atoms with Gasteiger partial charge >= 0.3 is 0 Å². The molecule has 0 aliphatic rings. The summed E-state index contributed by atoms with van der Waals surface area (Å²) in [6, 6.07) is 13.0. The minimum Gasteiger partial charge on any atom is -0.497 e. The minimum absolute atomic E-state index is 0.177. The van der Waals surface area contributed by atoms with Crippen molar-refractivity contribution in [3.05, 3.63) is 48.4 Å². The van der Waals surface area contributed by atoms with Crippen molar-refractivity contribution in [2.24, 2.45) is 0 Å². The van der Waals surface area contributed by atoms with Crippen LogP contribution in [0.4, 0.5) is 11.4 Å². The van der Waals surface area contributed by atoms with Gasteiger partial charge in [0.05, 0.1) is 19.9 Å². The summed E-state index contributed by atoms with van der Waals surface area (Å²) in [7, 11) is 7.07. The van der Waals surface area contributed by atoms with Gasteiger partial charge in [-0.2, -0.15) is 4.98 Å². The maximum atomic E-state index is 12.3. The van der Waals surface area contributed by atoms with Crippen molar-refractivity contribution in [1.29, 1.82) is 0 Å². The number of hydrogen-bond donors (Lipinski definition) is 1. The molecule has 29 heavy (non-hydrogen) atoms. The van der Waals surface area contributed by atoms with E-state index in [1.807, 2.05) is 43.3 Å². The second-order valence-electron chi connectivity index (χ2n) is 6.57. The molecule has 0 spiro atoms. The van der Waals surface area contributed by atoms with Crippen LogP contribution in [0.15, 0.2) is 47.0 Å². The molecule has 8 heteroatoms. The molecule has 1 heterocycles. The zero-order valence-electron chi connectivity index (χ0n) is 16.9. The van der Waals surface area contributed by atoms with Crippen molar-refractivity contribution in [2.45, 2.75) is 12.8 Å². The molecule has 0 aliphatic heterocycles. The van der Waals surface area contributed by atoms with E-state index < -0.39 is 0 Å². The first kappa shape index (κ1) is 20.2. The van der Waals surface area contributed by atoms with Gasteiger partial charge in [0.2, 0.25) is 17.6 Å². The van der Waals surface area contributed by atoms with Crippen molar-refractivity contribution in [3.8, 4) is 22.9 Å². The average Bonchev–Trinajstić information content (AvgIpc) is 3.21. The van der Waals surface area contributed by atoms with Crippen LogP contribution < -0.4 is 19.7 Å². The number of anilines is 2. The van der Waals surface area contributed by atoms with Crippen LogP contribution in [0.3, 0.4) is 0 Å². The van der Waals surface area contributed by atoms with Crippen LogP contribution >= 0.6 is 0 Å². The van der Waals surface area contributed by atoms with Gasteiger partial charge in [-0.15, -0.1) is 0 Å². The van der Waals surface area contributed by atoms with Gasteiger partial charge in [-0.05, 0) is 36.4 Å². The number of aromatic nitrogens is 2.